The van der Waals surface area contributed by atoms with Gasteiger partial charge in [0.1, 0.15) is 13.2 Å². The second kappa shape index (κ2) is 56.9. The number of unbranched alkanes of at least 4 members (excludes halogenated alkanes) is 24. The first kappa shape index (κ1) is 65.3. The Hall–Kier alpha value is -3.67. The van der Waals surface area contributed by atoms with Gasteiger partial charge in [0.15, 0.2) is 6.10 Å². The van der Waals surface area contributed by atoms with Crippen molar-refractivity contribution >= 4 is 17.9 Å². The molecule has 0 spiro atoms. The summed E-state index contributed by atoms with van der Waals surface area (Å²) < 4.78 is 16.8. The number of hydrogen-bond acceptors (Lipinski definition) is 6. The van der Waals surface area contributed by atoms with Gasteiger partial charge in [0.25, 0.3) is 0 Å². The second-order valence-electron chi connectivity index (χ2n) is 18.8. The average Bonchev–Trinajstić information content (AvgIpc) is 3.35. The number of ether oxygens (including phenoxy) is 3. The van der Waals surface area contributed by atoms with Crippen molar-refractivity contribution in [1.29, 1.82) is 0 Å². The zero-order valence-electron chi connectivity index (χ0n) is 45.0. The van der Waals surface area contributed by atoms with Crippen molar-refractivity contribution in [3.8, 4) is 0 Å². The van der Waals surface area contributed by atoms with E-state index in [-0.39, 0.29) is 31.1 Å². The van der Waals surface area contributed by atoms with Gasteiger partial charge in [-0.05, 0) is 96.3 Å². The molecule has 0 heterocycles. The average molecular weight is 960 g/mol. The number of carbonyl (C=O) groups is 3. The topological polar surface area (TPSA) is 78.9 Å². The van der Waals surface area contributed by atoms with Crippen molar-refractivity contribution in [2.75, 3.05) is 13.2 Å². The van der Waals surface area contributed by atoms with Gasteiger partial charge in [-0.1, -0.05) is 246 Å². The van der Waals surface area contributed by atoms with Crippen molar-refractivity contribution in [2.24, 2.45) is 0 Å². The molecule has 394 valence electrons. The maximum absolute atomic E-state index is 12.8. The number of rotatable bonds is 51. The molecule has 0 N–H and O–H groups in total. The minimum Gasteiger partial charge on any atom is -0.462 e. The smallest absolute Gasteiger partial charge is 0.306 e. The highest BCUT2D eigenvalue weighted by molar-refractivity contribution is 5.71. The van der Waals surface area contributed by atoms with Crippen molar-refractivity contribution < 1.29 is 28.6 Å². The fourth-order valence-corrected chi connectivity index (χ4v) is 7.84. The zero-order chi connectivity index (χ0) is 50.0. The molecule has 1 unspecified atom stereocenters. The third kappa shape index (κ3) is 55.1. The van der Waals surface area contributed by atoms with Crippen LogP contribution in [0.3, 0.4) is 0 Å². The Morgan fingerprint density at radius 2 is 0.565 bits per heavy atom. The van der Waals surface area contributed by atoms with E-state index in [0.717, 1.165) is 122 Å². The van der Waals surface area contributed by atoms with Crippen LogP contribution in [0.25, 0.3) is 0 Å². The monoisotopic (exact) mass is 959 g/mol. The van der Waals surface area contributed by atoms with Crippen LogP contribution in [0.4, 0.5) is 0 Å². The molecular weight excluding hydrogens is 853 g/mol. The van der Waals surface area contributed by atoms with Crippen LogP contribution in [-0.4, -0.2) is 37.2 Å². The van der Waals surface area contributed by atoms with E-state index in [2.05, 4.69) is 118 Å². The molecular formula is C63H106O6. The number of esters is 3. The van der Waals surface area contributed by atoms with E-state index in [1.165, 1.54) is 103 Å². The number of hydrogen-bond donors (Lipinski definition) is 0. The largest absolute Gasteiger partial charge is 0.462 e. The predicted octanol–water partition coefficient (Wildman–Crippen LogP) is 19.3. The van der Waals surface area contributed by atoms with E-state index in [1.54, 1.807) is 0 Å². The van der Waals surface area contributed by atoms with Crippen molar-refractivity contribution in [3.63, 3.8) is 0 Å². The van der Waals surface area contributed by atoms with Gasteiger partial charge in [-0.25, -0.2) is 0 Å². The van der Waals surface area contributed by atoms with Crippen LogP contribution in [0, 0.1) is 0 Å². The molecule has 0 aliphatic rings. The van der Waals surface area contributed by atoms with Crippen LogP contribution in [0.15, 0.2) is 97.2 Å². The van der Waals surface area contributed by atoms with Crippen molar-refractivity contribution in [3.05, 3.63) is 97.2 Å². The summed E-state index contributed by atoms with van der Waals surface area (Å²) >= 11 is 0. The molecule has 0 aromatic heterocycles. The standard InChI is InChI=1S/C63H106O6/c1-4-7-10-13-16-19-22-24-26-28-29-30-31-32-33-35-36-38-41-44-47-50-53-56-62(65)68-59-60(58-67-61(64)55-52-49-46-43-40-21-18-15-12-9-6-3)69-63(66)57-54-51-48-45-42-39-37-34-27-25-23-20-17-14-11-8-5-2/h7-8,10-11,16-17,19-20,24-27,29-30,32-33,60H,4-6,9,12-15,18,21-23,28,31,34-59H2,1-3H3/b10-7-,11-8-,19-16-,20-17-,26-24-,27-25-,30-29-,33-32-. The molecule has 0 aliphatic carbocycles. The minimum absolute atomic E-state index is 0.0838. The molecule has 1 atom stereocenters. The summed E-state index contributed by atoms with van der Waals surface area (Å²) in [5.74, 6) is -0.902. The van der Waals surface area contributed by atoms with Gasteiger partial charge >= 0.3 is 17.9 Å². The Bertz CT molecular complexity index is 1380. The van der Waals surface area contributed by atoms with Gasteiger partial charge in [0, 0.05) is 19.3 Å². The normalized spacial score (nSPS) is 12.8. The Kier molecular flexibility index (Phi) is 53.9. The summed E-state index contributed by atoms with van der Waals surface area (Å²) in [6.07, 6.45) is 75.4. The third-order valence-corrected chi connectivity index (χ3v) is 12.1. The molecule has 0 aliphatic heterocycles. The lowest BCUT2D eigenvalue weighted by molar-refractivity contribution is -0.167. The highest BCUT2D eigenvalue weighted by atomic mass is 16.6. The van der Waals surface area contributed by atoms with E-state index in [4.69, 9.17) is 14.2 Å². The first-order valence-electron chi connectivity index (χ1n) is 28.7. The molecule has 0 rings (SSSR count). The Morgan fingerprint density at radius 3 is 0.884 bits per heavy atom. The highest BCUT2D eigenvalue weighted by Crippen LogP contribution is 2.15. The molecule has 0 saturated carbocycles. The summed E-state index contributed by atoms with van der Waals surface area (Å²) in [7, 11) is 0. The Balaban J connectivity index is 4.36. The molecule has 6 nitrogen and oxygen atoms in total. The fourth-order valence-electron chi connectivity index (χ4n) is 7.84. The van der Waals surface area contributed by atoms with Gasteiger partial charge in [0.05, 0.1) is 0 Å². The van der Waals surface area contributed by atoms with Gasteiger partial charge in [-0.3, -0.25) is 14.4 Å². The summed E-state index contributed by atoms with van der Waals surface area (Å²) in [6.45, 7) is 6.40. The van der Waals surface area contributed by atoms with Crippen LogP contribution in [0.2, 0.25) is 0 Å². The van der Waals surface area contributed by atoms with E-state index >= 15 is 0 Å². The molecule has 0 fully saturated rings. The van der Waals surface area contributed by atoms with E-state index in [9.17, 15) is 14.4 Å². The summed E-state index contributed by atoms with van der Waals surface area (Å²) in [4.78, 5) is 38.1. The number of allylic oxidation sites excluding steroid dienone is 16. The molecule has 0 bridgehead atoms. The third-order valence-electron chi connectivity index (χ3n) is 12.1. The van der Waals surface area contributed by atoms with E-state index < -0.39 is 6.10 Å². The van der Waals surface area contributed by atoms with Crippen molar-refractivity contribution in [1.82, 2.24) is 0 Å². The molecule has 0 radical (unpaired) electrons. The molecule has 0 amide bonds. The van der Waals surface area contributed by atoms with Gasteiger partial charge in [0.2, 0.25) is 0 Å². The maximum atomic E-state index is 12.8. The van der Waals surface area contributed by atoms with Crippen LogP contribution in [-0.2, 0) is 28.6 Å². The van der Waals surface area contributed by atoms with Gasteiger partial charge in [-0.2, -0.15) is 0 Å². The minimum atomic E-state index is -0.787. The summed E-state index contributed by atoms with van der Waals surface area (Å²) in [5, 5.41) is 0. The predicted molar refractivity (Wildman–Crippen MR) is 297 cm³/mol. The molecule has 0 aromatic carbocycles. The van der Waals surface area contributed by atoms with Crippen LogP contribution >= 0.6 is 0 Å². The maximum Gasteiger partial charge on any atom is 0.306 e. The summed E-state index contributed by atoms with van der Waals surface area (Å²) in [5.41, 5.74) is 0. The Morgan fingerprint density at radius 1 is 0.304 bits per heavy atom. The molecule has 0 aromatic rings. The lowest BCUT2D eigenvalue weighted by atomic mass is 10.1. The Labute approximate surface area is 426 Å². The highest BCUT2D eigenvalue weighted by Gasteiger charge is 2.19. The number of carbonyl (C=O) groups excluding carboxylic acids is 3. The SMILES string of the molecule is CC/C=C\C/C=C\C/C=C\C/C=C\C/C=C\CCCCCCCCCC(=O)OCC(COC(=O)CCCCCCCCCCCCC)OC(=O)CCCCCCCCC/C=C\C/C=C\C/C=C\CC. The van der Waals surface area contributed by atoms with Crippen LogP contribution in [0.1, 0.15) is 265 Å². The molecule has 69 heavy (non-hydrogen) atoms. The fraction of sp³-hybridized carbons (Fsp3) is 0.698. The van der Waals surface area contributed by atoms with Crippen LogP contribution in [0.5, 0.6) is 0 Å². The first-order chi connectivity index (χ1) is 34.0. The van der Waals surface area contributed by atoms with Crippen molar-refractivity contribution in [2.45, 2.75) is 271 Å². The second-order valence-corrected chi connectivity index (χ2v) is 18.8. The first-order valence-corrected chi connectivity index (χ1v) is 28.7. The quantitative estimate of drug-likeness (QED) is 0.0262. The van der Waals surface area contributed by atoms with E-state index in [0.29, 0.717) is 19.3 Å². The molecule has 6 heteroatoms. The van der Waals surface area contributed by atoms with Gasteiger partial charge in [-0.15, -0.1) is 0 Å². The molecule has 0 saturated heterocycles. The van der Waals surface area contributed by atoms with Gasteiger partial charge < -0.3 is 14.2 Å². The van der Waals surface area contributed by atoms with E-state index in [1.807, 2.05) is 0 Å². The zero-order valence-corrected chi connectivity index (χ0v) is 45.0. The lowest BCUT2D eigenvalue weighted by Gasteiger charge is -2.18. The lowest BCUT2D eigenvalue weighted by Crippen LogP contribution is -2.30. The summed E-state index contributed by atoms with van der Waals surface area (Å²) in [6, 6.07) is 0. The van der Waals surface area contributed by atoms with Crippen LogP contribution < -0.4 is 0 Å².